The topological polar surface area (TPSA) is 46.6 Å². The van der Waals surface area contributed by atoms with Gasteiger partial charge in [-0.3, -0.25) is 0 Å². The van der Waals surface area contributed by atoms with Crippen LogP contribution in [0, 0.1) is 0 Å². The molecule has 3 rings (SSSR count). The van der Waals surface area contributed by atoms with Crippen molar-refractivity contribution in [2.24, 2.45) is 0 Å². The van der Waals surface area contributed by atoms with Gasteiger partial charge in [-0.25, -0.2) is 8.42 Å². The van der Waals surface area contributed by atoms with Crippen molar-refractivity contribution < 1.29 is 13.2 Å². The van der Waals surface area contributed by atoms with Gasteiger partial charge in [0.25, 0.3) is 0 Å². The molecular formula is C21H27NO3S. The van der Waals surface area contributed by atoms with Crippen molar-refractivity contribution in [3.05, 3.63) is 59.7 Å². The summed E-state index contributed by atoms with van der Waals surface area (Å²) in [5, 5.41) is 0. The Hall–Kier alpha value is -1.85. The number of rotatable bonds is 5. The first-order valence-corrected chi connectivity index (χ1v) is 10.6. The first-order chi connectivity index (χ1) is 12.4. The van der Waals surface area contributed by atoms with Crippen LogP contribution in [0.5, 0.6) is 5.75 Å². The Morgan fingerprint density at radius 1 is 1.00 bits per heavy atom. The number of methoxy groups -OCH3 is 1. The molecule has 0 aromatic heterocycles. The molecule has 0 spiro atoms. The molecule has 2 aromatic carbocycles. The lowest BCUT2D eigenvalue weighted by Crippen LogP contribution is -2.37. The second-order valence-electron chi connectivity index (χ2n) is 7.14. The molecule has 26 heavy (non-hydrogen) atoms. The van der Waals surface area contributed by atoms with Gasteiger partial charge >= 0.3 is 0 Å². The summed E-state index contributed by atoms with van der Waals surface area (Å²) in [6.07, 6.45) is 1.62. The number of ether oxygens (including phenoxy) is 1. The summed E-state index contributed by atoms with van der Waals surface area (Å²) in [5.74, 6) is 1.61. The van der Waals surface area contributed by atoms with Crippen LogP contribution in [0.15, 0.2) is 53.4 Å². The zero-order chi connectivity index (χ0) is 18.7. The number of hydrogen-bond acceptors (Lipinski definition) is 3. The third kappa shape index (κ3) is 3.79. The van der Waals surface area contributed by atoms with Crippen LogP contribution in [0.4, 0.5) is 0 Å². The fourth-order valence-corrected chi connectivity index (χ4v) is 5.05. The second-order valence-corrected chi connectivity index (χ2v) is 9.08. The van der Waals surface area contributed by atoms with Crippen molar-refractivity contribution in [1.29, 1.82) is 0 Å². The number of sulfonamides is 1. The van der Waals surface area contributed by atoms with Gasteiger partial charge in [-0.1, -0.05) is 44.2 Å². The molecule has 0 bridgehead atoms. The molecule has 4 nitrogen and oxygen atoms in total. The molecule has 1 aliphatic heterocycles. The van der Waals surface area contributed by atoms with Crippen LogP contribution in [0.2, 0.25) is 0 Å². The fourth-order valence-electron chi connectivity index (χ4n) is 3.58. The first-order valence-electron chi connectivity index (χ1n) is 9.16. The zero-order valence-corrected chi connectivity index (χ0v) is 16.5. The summed E-state index contributed by atoms with van der Waals surface area (Å²) < 4.78 is 32.9. The number of piperidine rings is 1. The quantitative estimate of drug-likeness (QED) is 0.781. The van der Waals surface area contributed by atoms with E-state index in [1.54, 1.807) is 23.5 Å². The molecule has 1 saturated heterocycles. The van der Waals surface area contributed by atoms with E-state index in [4.69, 9.17) is 4.74 Å². The molecular weight excluding hydrogens is 346 g/mol. The van der Waals surface area contributed by atoms with Gasteiger partial charge in [-0.15, -0.1) is 0 Å². The highest BCUT2D eigenvalue weighted by molar-refractivity contribution is 7.89. The highest BCUT2D eigenvalue weighted by atomic mass is 32.2. The normalized spacial score (nSPS) is 16.8. The third-order valence-electron chi connectivity index (χ3n) is 5.22. The number of hydrogen-bond donors (Lipinski definition) is 0. The molecule has 1 fully saturated rings. The monoisotopic (exact) mass is 373 g/mol. The Kier molecular flexibility index (Phi) is 5.68. The van der Waals surface area contributed by atoms with Crippen LogP contribution in [-0.4, -0.2) is 32.9 Å². The van der Waals surface area contributed by atoms with E-state index >= 15 is 0 Å². The zero-order valence-electron chi connectivity index (χ0n) is 15.7. The second kappa shape index (κ2) is 7.80. The van der Waals surface area contributed by atoms with Gasteiger partial charge < -0.3 is 4.74 Å². The summed E-state index contributed by atoms with van der Waals surface area (Å²) in [4.78, 5) is 0.387. The average Bonchev–Trinajstić information content (AvgIpc) is 2.68. The Labute approximate surface area is 156 Å². The maximum Gasteiger partial charge on any atom is 0.243 e. The van der Waals surface area contributed by atoms with Crippen molar-refractivity contribution >= 4 is 10.0 Å². The summed E-state index contributed by atoms with van der Waals surface area (Å²) in [7, 11) is -1.74. The van der Waals surface area contributed by atoms with Crippen LogP contribution in [0.3, 0.4) is 0 Å². The van der Waals surface area contributed by atoms with Crippen LogP contribution < -0.4 is 4.74 Å². The van der Waals surface area contributed by atoms with Gasteiger partial charge in [-0.05, 0) is 54.0 Å². The summed E-state index contributed by atoms with van der Waals surface area (Å²) in [5.41, 5.74) is 2.33. The van der Waals surface area contributed by atoms with Gasteiger partial charge in [0.1, 0.15) is 5.75 Å². The van der Waals surface area contributed by atoms with E-state index in [-0.39, 0.29) is 0 Å². The molecule has 0 saturated carbocycles. The average molecular weight is 374 g/mol. The van der Waals surface area contributed by atoms with Crippen molar-refractivity contribution in [1.82, 2.24) is 4.31 Å². The molecule has 0 amide bonds. The van der Waals surface area contributed by atoms with Gasteiger partial charge in [0.05, 0.1) is 12.0 Å². The lowest BCUT2D eigenvalue weighted by atomic mass is 9.89. The minimum Gasteiger partial charge on any atom is -0.496 e. The van der Waals surface area contributed by atoms with Gasteiger partial charge in [0.2, 0.25) is 10.0 Å². The number of para-hydroxylation sites is 1. The molecule has 0 atom stereocenters. The molecule has 5 heteroatoms. The molecule has 0 aliphatic carbocycles. The van der Waals surface area contributed by atoms with Crippen LogP contribution in [0.25, 0.3) is 0 Å². The molecule has 0 unspecified atom stereocenters. The van der Waals surface area contributed by atoms with E-state index in [9.17, 15) is 8.42 Å². The molecule has 2 aromatic rings. The third-order valence-corrected chi connectivity index (χ3v) is 7.13. The maximum atomic E-state index is 12.9. The van der Waals surface area contributed by atoms with Crippen molar-refractivity contribution in [3.8, 4) is 5.75 Å². The van der Waals surface area contributed by atoms with Crippen molar-refractivity contribution in [3.63, 3.8) is 0 Å². The minimum atomic E-state index is -3.42. The van der Waals surface area contributed by atoms with Crippen LogP contribution >= 0.6 is 0 Å². The van der Waals surface area contributed by atoms with E-state index in [0.717, 1.165) is 24.2 Å². The van der Waals surface area contributed by atoms with E-state index in [2.05, 4.69) is 19.9 Å². The van der Waals surface area contributed by atoms with Gasteiger partial charge in [0.15, 0.2) is 0 Å². The summed E-state index contributed by atoms with van der Waals surface area (Å²) in [6, 6.07) is 15.3. The fraction of sp³-hybridized carbons (Fsp3) is 0.429. The predicted molar refractivity (Wildman–Crippen MR) is 104 cm³/mol. The summed E-state index contributed by atoms with van der Waals surface area (Å²) in [6.45, 7) is 5.28. The molecule has 0 N–H and O–H groups in total. The Balaban J connectivity index is 1.72. The molecule has 1 aliphatic rings. The first kappa shape index (κ1) is 18.9. The molecule has 1 heterocycles. The van der Waals surface area contributed by atoms with Crippen LogP contribution in [-0.2, 0) is 10.0 Å². The molecule has 0 radical (unpaired) electrons. The van der Waals surface area contributed by atoms with Crippen molar-refractivity contribution in [2.75, 3.05) is 20.2 Å². The highest BCUT2D eigenvalue weighted by Gasteiger charge is 2.30. The van der Waals surface area contributed by atoms with E-state index in [0.29, 0.717) is 29.8 Å². The van der Waals surface area contributed by atoms with Crippen LogP contribution in [0.1, 0.15) is 49.7 Å². The Morgan fingerprint density at radius 3 is 2.19 bits per heavy atom. The molecule has 140 valence electrons. The highest BCUT2D eigenvalue weighted by Crippen LogP contribution is 2.35. The lowest BCUT2D eigenvalue weighted by molar-refractivity contribution is 0.313. The Bertz CT molecular complexity index is 836. The minimum absolute atomic E-state index is 0.334. The largest absolute Gasteiger partial charge is 0.496 e. The summed E-state index contributed by atoms with van der Waals surface area (Å²) >= 11 is 0. The lowest BCUT2D eigenvalue weighted by Gasteiger charge is -2.32. The number of benzene rings is 2. The number of nitrogens with zero attached hydrogens (tertiary/aromatic N) is 1. The smallest absolute Gasteiger partial charge is 0.243 e. The van der Waals surface area contributed by atoms with E-state index in [1.165, 1.54) is 5.56 Å². The van der Waals surface area contributed by atoms with E-state index < -0.39 is 10.0 Å². The Morgan fingerprint density at radius 2 is 1.62 bits per heavy atom. The maximum absolute atomic E-state index is 12.9. The van der Waals surface area contributed by atoms with Gasteiger partial charge in [-0.2, -0.15) is 4.31 Å². The van der Waals surface area contributed by atoms with Gasteiger partial charge in [0, 0.05) is 13.1 Å². The predicted octanol–water partition coefficient (Wildman–Crippen LogP) is 4.39. The van der Waals surface area contributed by atoms with Crippen molar-refractivity contribution in [2.45, 2.75) is 43.4 Å². The SMILES string of the molecule is COc1ccccc1C1CCN(S(=O)(=O)c2ccc(C(C)C)cc2)CC1. The van der Waals surface area contributed by atoms with E-state index in [1.807, 2.05) is 30.3 Å². The standard InChI is InChI=1S/C21H27NO3S/c1-16(2)17-8-10-19(11-9-17)26(23,24)22-14-12-18(13-15-22)20-6-4-5-7-21(20)25-3/h4-11,16,18H,12-15H2,1-3H3.